The molecule has 1 aromatic carbocycles. The molecule has 0 N–H and O–H groups in total. The van der Waals surface area contributed by atoms with Crippen LogP contribution >= 0.6 is 11.6 Å². The van der Waals surface area contributed by atoms with E-state index in [4.69, 9.17) is 20.8 Å². The second kappa shape index (κ2) is 7.19. The van der Waals surface area contributed by atoms with Gasteiger partial charge in [0.2, 0.25) is 10.0 Å². The van der Waals surface area contributed by atoms with Gasteiger partial charge in [0.1, 0.15) is 6.10 Å². The molecule has 1 fully saturated rings. The summed E-state index contributed by atoms with van der Waals surface area (Å²) in [5.41, 5.74) is 0.761. The molecule has 2 aromatic heterocycles. The molecule has 0 aliphatic carbocycles. The highest BCUT2D eigenvalue weighted by Crippen LogP contribution is 2.25. The number of piperidine rings is 1. The second-order valence-electron chi connectivity index (χ2n) is 6.49. The van der Waals surface area contributed by atoms with Crippen molar-refractivity contribution in [3.8, 4) is 6.01 Å². The van der Waals surface area contributed by atoms with E-state index in [1.165, 1.54) is 46.5 Å². The maximum Gasteiger partial charge on any atom is 0.419 e. The number of benzene rings is 1. The van der Waals surface area contributed by atoms with Crippen LogP contribution in [0.2, 0.25) is 5.02 Å². The monoisotopic (exact) mass is 424 g/mol. The molecular weight excluding hydrogens is 408 g/mol. The van der Waals surface area contributed by atoms with Gasteiger partial charge in [0.15, 0.2) is 5.58 Å². The Bertz CT molecular complexity index is 1170. The average molecular weight is 425 g/mol. The third-order valence-electron chi connectivity index (χ3n) is 4.61. The molecule has 1 atom stereocenters. The van der Waals surface area contributed by atoms with Gasteiger partial charge >= 0.3 is 11.8 Å². The highest BCUT2D eigenvalue weighted by Gasteiger charge is 2.32. The minimum atomic E-state index is -3.76. The minimum Gasteiger partial charge on any atom is -0.459 e. The van der Waals surface area contributed by atoms with Gasteiger partial charge in [-0.05, 0) is 31.0 Å². The number of fused-ring (bicyclic) bond motifs is 1. The SMILES string of the molecule is Cn1c(=O)oc2ccc(S(=O)(=O)N3CCCC(Oc4ncc(Cl)cn4)C3)cc21. The number of aryl methyl sites for hydroxylation is 1. The summed E-state index contributed by atoms with van der Waals surface area (Å²) in [6.07, 6.45) is 3.81. The zero-order valence-corrected chi connectivity index (χ0v) is 16.5. The van der Waals surface area contributed by atoms with E-state index in [-0.39, 0.29) is 23.6 Å². The fourth-order valence-corrected chi connectivity index (χ4v) is 4.77. The molecule has 148 valence electrons. The van der Waals surface area contributed by atoms with Gasteiger partial charge in [-0.25, -0.2) is 23.2 Å². The van der Waals surface area contributed by atoms with Gasteiger partial charge in [-0.1, -0.05) is 11.6 Å². The number of sulfonamides is 1. The van der Waals surface area contributed by atoms with Crippen molar-refractivity contribution in [2.45, 2.75) is 23.8 Å². The first-order valence-corrected chi connectivity index (χ1v) is 10.4. The first-order valence-electron chi connectivity index (χ1n) is 8.58. The van der Waals surface area contributed by atoms with Crippen molar-refractivity contribution in [2.75, 3.05) is 13.1 Å². The lowest BCUT2D eigenvalue weighted by Crippen LogP contribution is -2.44. The standard InChI is InChI=1S/C17H17ClN4O5S/c1-21-14-7-13(4-5-15(14)27-17(21)23)28(24,25)22-6-2-3-12(10-22)26-16-19-8-11(18)9-20-16/h4-5,7-9,12H,2-3,6,10H2,1H3. The topological polar surface area (TPSA) is 108 Å². The van der Waals surface area contributed by atoms with Crippen LogP contribution in [0.15, 0.2) is 44.7 Å². The van der Waals surface area contributed by atoms with Crippen molar-refractivity contribution in [3.05, 3.63) is 46.2 Å². The van der Waals surface area contributed by atoms with Crippen LogP contribution in [0.25, 0.3) is 11.1 Å². The van der Waals surface area contributed by atoms with Crippen molar-refractivity contribution in [3.63, 3.8) is 0 Å². The molecule has 11 heteroatoms. The number of oxazole rings is 1. The summed E-state index contributed by atoms with van der Waals surface area (Å²) >= 11 is 5.76. The Balaban J connectivity index is 1.57. The van der Waals surface area contributed by atoms with Crippen LogP contribution in [0.5, 0.6) is 6.01 Å². The van der Waals surface area contributed by atoms with E-state index < -0.39 is 15.8 Å². The number of aromatic nitrogens is 3. The number of nitrogens with zero attached hydrogens (tertiary/aromatic N) is 4. The van der Waals surface area contributed by atoms with E-state index in [1.54, 1.807) is 0 Å². The number of halogens is 1. The predicted molar refractivity (Wildman–Crippen MR) is 101 cm³/mol. The predicted octanol–water partition coefficient (Wildman–Crippen LogP) is 1.81. The van der Waals surface area contributed by atoms with Crippen LogP contribution in [0.1, 0.15) is 12.8 Å². The van der Waals surface area contributed by atoms with Crippen molar-refractivity contribution in [1.29, 1.82) is 0 Å². The summed E-state index contributed by atoms with van der Waals surface area (Å²) in [6.45, 7) is 0.558. The Morgan fingerprint density at radius 1 is 1.29 bits per heavy atom. The van der Waals surface area contributed by atoms with E-state index in [1.807, 2.05) is 0 Å². The third-order valence-corrected chi connectivity index (χ3v) is 6.67. The summed E-state index contributed by atoms with van der Waals surface area (Å²) in [6, 6.07) is 4.53. The molecular formula is C17H17ClN4O5S. The smallest absolute Gasteiger partial charge is 0.419 e. The molecule has 0 saturated carbocycles. The Morgan fingerprint density at radius 3 is 2.79 bits per heavy atom. The minimum absolute atomic E-state index is 0.0970. The van der Waals surface area contributed by atoms with Crippen LogP contribution < -0.4 is 10.5 Å². The van der Waals surface area contributed by atoms with Crippen molar-refractivity contribution in [1.82, 2.24) is 18.8 Å². The summed E-state index contributed by atoms with van der Waals surface area (Å²) in [5.74, 6) is -0.543. The Hall–Kier alpha value is -2.43. The lowest BCUT2D eigenvalue weighted by Gasteiger charge is -2.31. The van der Waals surface area contributed by atoms with Gasteiger partial charge in [0.25, 0.3) is 0 Å². The normalized spacial score (nSPS) is 18.4. The van der Waals surface area contributed by atoms with E-state index in [0.29, 0.717) is 35.5 Å². The molecule has 1 aliphatic rings. The molecule has 1 unspecified atom stereocenters. The van der Waals surface area contributed by atoms with Crippen molar-refractivity contribution >= 4 is 32.7 Å². The molecule has 3 aromatic rings. The summed E-state index contributed by atoms with van der Waals surface area (Å²) in [5, 5.41) is 0.393. The van der Waals surface area contributed by atoms with Crippen molar-refractivity contribution < 1.29 is 17.6 Å². The molecule has 3 heterocycles. The molecule has 0 amide bonds. The molecule has 1 saturated heterocycles. The Labute approximate surface area is 165 Å². The lowest BCUT2D eigenvalue weighted by atomic mass is 10.1. The highest BCUT2D eigenvalue weighted by atomic mass is 35.5. The van der Waals surface area contributed by atoms with Gasteiger partial charge in [-0.2, -0.15) is 4.31 Å². The van der Waals surface area contributed by atoms with Crippen LogP contribution in [0, 0.1) is 0 Å². The van der Waals surface area contributed by atoms with Crippen LogP contribution in [-0.2, 0) is 17.1 Å². The zero-order valence-electron chi connectivity index (χ0n) is 14.9. The first-order chi connectivity index (χ1) is 13.3. The molecule has 0 radical (unpaired) electrons. The molecule has 1 aliphatic heterocycles. The molecule has 9 nitrogen and oxygen atoms in total. The van der Waals surface area contributed by atoms with Crippen molar-refractivity contribution in [2.24, 2.45) is 7.05 Å². The first kappa shape index (κ1) is 18.9. The number of hydrogen-bond donors (Lipinski definition) is 0. The summed E-state index contributed by atoms with van der Waals surface area (Å²) in [4.78, 5) is 19.7. The van der Waals surface area contributed by atoms with Gasteiger partial charge < -0.3 is 9.15 Å². The van der Waals surface area contributed by atoms with Gasteiger partial charge in [0, 0.05) is 13.6 Å². The van der Waals surface area contributed by atoms with Crippen LogP contribution in [0.3, 0.4) is 0 Å². The largest absolute Gasteiger partial charge is 0.459 e. The van der Waals surface area contributed by atoms with E-state index in [0.717, 1.165) is 0 Å². The Morgan fingerprint density at radius 2 is 2.04 bits per heavy atom. The Kier molecular flexibility index (Phi) is 4.86. The van der Waals surface area contributed by atoms with E-state index in [2.05, 4.69) is 9.97 Å². The lowest BCUT2D eigenvalue weighted by molar-refractivity contribution is 0.119. The maximum absolute atomic E-state index is 13.1. The highest BCUT2D eigenvalue weighted by molar-refractivity contribution is 7.89. The van der Waals surface area contributed by atoms with Crippen LogP contribution in [0.4, 0.5) is 0 Å². The molecule has 28 heavy (non-hydrogen) atoms. The quantitative estimate of drug-likeness (QED) is 0.628. The molecule has 0 bridgehead atoms. The molecule has 4 rings (SSSR count). The summed E-state index contributed by atoms with van der Waals surface area (Å²) < 4.78 is 39.6. The zero-order chi connectivity index (χ0) is 19.9. The third kappa shape index (κ3) is 3.50. The van der Waals surface area contributed by atoms with E-state index in [9.17, 15) is 13.2 Å². The molecule has 0 spiro atoms. The van der Waals surface area contributed by atoms with Gasteiger partial charge in [-0.15, -0.1) is 0 Å². The van der Waals surface area contributed by atoms with Gasteiger partial charge in [0.05, 0.1) is 34.4 Å². The average Bonchev–Trinajstić information content (AvgIpc) is 2.97. The maximum atomic E-state index is 13.1. The van der Waals surface area contributed by atoms with E-state index >= 15 is 0 Å². The second-order valence-corrected chi connectivity index (χ2v) is 8.86. The van der Waals surface area contributed by atoms with Gasteiger partial charge in [-0.3, -0.25) is 4.57 Å². The number of ether oxygens (including phenoxy) is 1. The number of hydrogen-bond acceptors (Lipinski definition) is 7. The van der Waals surface area contributed by atoms with Crippen LogP contribution in [-0.4, -0.2) is 46.5 Å². The number of rotatable bonds is 4. The summed E-state index contributed by atoms with van der Waals surface area (Å²) in [7, 11) is -2.23. The fourth-order valence-electron chi connectivity index (χ4n) is 3.15. The fraction of sp³-hybridized carbons (Fsp3) is 0.353.